The topological polar surface area (TPSA) is 82.0 Å². The van der Waals surface area contributed by atoms with E-state index in [-0.39, 0.29) is 29.6 Å². The highest BCUT2D eigenvalue weighted by Gasteiger charge is 2.43. The van der Waals surface area contributed by atoms with E-state index in [1.165, 1.54) is 12.2 Å². The fraction of sp³-hybridized carbons (Fsp3) is 0.192. The van der Waals surface area contributed by atoms with Crippen molar-refractivity contribution in [1.82, 2.24) is 10.2 Å². The smallest absolute Gasteiger partial charge is 0.242 e. The molecule has 2 atom stereocenters. The van der Waals surface area contributed by atoms with Crippen LogP contribution >= 0.6 is 0 Å². The van der Waals surface area contributed by atoms with Crippen LogP contribution in [0.2, 0.25) is 0 Å². The Kier molecular flexibility index (Phi) is 5.29. The second-order valence-corrected chi connectivity index (χ2v) is 8.20. The molecule has 0 spiro atoms. The number of phenolic OH excluding ortho intramolecular Hbond substituents is 1. The average Bonchev–Trinajstić information content (AvgIpc) is 3.12. The largest absolute Gasteiger partial charge is 0.508 e. The van der Waals surface area contributed by atoms with Gasteiger partial charge in [0.1, 0.15) is 11.9 Å². The number of amides is 1. The summed E-state index contributed by atoms with van der Waals surface area (Å²) in [5.41, 5.74) is 4.62. The molecular formula is C26H23N3O3. The van der Waals surface area contributed by atoms with Gasteiger partial charge in [0.15, 0.2) is 5.78 Å². The first-order chi connectivity index (χ1) is 15.6. The van der Waals surface area contributed by atoms with Gasteiger partial charge in [-0.2, -0.15) is 0 Å². The first-order valence-corrected chi connectivity index (χ1v) is 10.7. The van der Waals surface area contributed by atoms with Crippen molar-refractivity contribution in [3.8, 4) is 5.75 Å². The van der Waals surface area contributed by atoms with Gasteiger partial charge in [-0.25, -0.2) is 0 Å². The number of nitrogens with one attached hydrogen (secondary N) is 1. The summed E-state index contributed by atoms with van der Waals surface area (Å²) in [5, 5.41) is 13.0. The number of phenols is 1. The molecule has 3 aliphatic rings. The van der Waals surface area contributed by atoms with Crippen LogP contribution in [-0.4, -0.2) is 46.2 Å². The van der Waals surface area contributed by atoms with Crippen molar-refractivity contribution in [3.05, 3.63) is 101 Å². The van der Waals surface area contributed by atoms with Crippen LogP contribution in [0.5, 0.6) is 5.75 Å². The summed E-state index contributed by atoms with van der Waals surface area (Å²) in [6.45, 7) is 0.388. The zero-order valence-electron chi connectivity index (χ0n) is 17.4. The van der Waals surface area contributed by atoms with Crippen LogP contribution in [0.4, 0.5) is 0 Å². The van der Waals surface area contributed by atoms with Crippen molar-refractivity contribution in [1.29, 1.82) is 0 Å². The van der Waals surface area contributed by atoms with Gasteiger partial charge in [0.2, 0.25) is 5.91 Å². The summed E-state index contributed by atoms with van der Waals surface area (Å²) in [7, 11) is 0. The Hall–Kier alpha value is -3.77. The Balaban J connectivity index is 1.46. The van der Waals surface area contributed by atoms with Gasteiger partial charge >= 0.3 is 0 Å². The molecule has 0 radical (unpaired) electrons. The van der Waals surface area contributed by atoms with Gasteiger partial charge in [0.05, 0.1) is 24.0 Å². The van der Waals surface area contributed by atoms with Crippen molar-refractivity contribution in [2.75, 3.05) is 6.54 Å². The van der Waals surface area contributed by atoms with E-state index < -0.39 is 0 Å². The molecule has 2 unspecified atom stereocenters. The molecule has 2 aromatic rings. The van der Waals surface area contributed by atoms with E-state index in [4.69, 9.17) is 4.99 Å². The van der Waals surface area contributed by atoms with E-state index in [2.05, 4.69) is 17.4 Å². The van der Waals surface area contributed by atoms with E-state index in [9.17, 15) is 14.7 Å². The maximum atomic E-state index is 13.3. The molecule has 0 bridgehead atoms. The number of hydrogen-bond donors (Lipinski definition) is 2. The maximum absolute atomic E-state index is 13.3. The van der Waals surface area contributed by atoms with Crippen LogP contribution in [0, 0.1) is 0 Å². The molecule has 2 aromatic carbocycles. The normalized spacial score (nSPS) is 22.4. The summed E-state index contributed by atoms with van der Waals surface area (Å²) < 4.78 is 0. The minimum Gasteiger partial charge on any atom is -0.508 e. The third-order valence-corrected chi connectivity index (χ3v) is 5.96. The zero-order valence-corrected chi connectivity index (χ0v) is 17.4. The quantitative estimate of drug-likeness (QED) is 0.789. The molecule has 6 nitrogen and oxygen atoms in total. The minimum atomic E-state index is -0.367. The van der Waals surface area contributed by atoms with Gasteiger partial charge in [0, 0.05) is 6.42 Å². The van der Waals surface area contributed by atoms with Crippen molar-refractivity contribution in [2.24, 2.45) is 4.99 Å². The van der Waals surface area contributed by atoms with Crippen molar-refractivity contribution >= 4 is 17.4 Å². The molecule has 2 aliphatic heterocycles. The standard InChI is InChI=1S/C26H23N3O3/c30-20-10-6-18(7-11-20)15-23-26(32)29-16-24(19-8-12-21(31)13-9-19)27-22(25(29)28-23)14-17-4-2-1-3-5-17/h1-13,23,25,28,30H,14-16H2. The number of rotatable bonds is 4. The first-order valence-electron chi connectivity index (χ1n) is 10.7. The fourth-order valence-electron chi connectivity index (χ4n) is 4.31. The van der Waals surface area contributed by atoms with Crippen molar-refractivity contribution in [3.63, 3.8) is 0 Å². The van der Waals surface area contributed by atoms with Crippen LogP contribution < -0.4 is 5.32 Å². The highest BCUT2D eigenvalue weighted by atomic mass is 16.3. The Labute approximate surface area is 186 Å². The summed E-state index contributed by atoms with van der Waals surface area (Å²) in [4.78, 5) is 31.7. The molecule has 160 valence electrons. The Morgan fingerprint density at radius 3 is 2.38 bits per heavy atom. The summed E-state index contributed by atoms with van der Waals surface area (Å²) in [5.74, 6) is 0.184. The lowest BCUT2D eigenvalue weighted by Gasteiger charge is -2.31. The number of benzene rings is 2. The third kappa shape index (κ3) is 4.05. The number of ketones is 1. The number of nitrogens with zero attached hydrogens (tertiary/aromatic N) is 2. The Bertz CT molecular complexity index is 1160. The molecule has 6 heteroatoms. The third-order valence-electron chi connectivity index (χ3n) is 5.96. The lowest BCUT2D eigenvalue weighted by atomic mass is 10.0. The van der Waals surface area contributed by atoms with Gasteiger partial charge in [-0.05, 0) is 59.6 Å². The van der Waals surface area contributed by atoms with Crippen LogP contribution in [0.15, 0.2) is 95.2 Å². The molecule has 2 N–H and O–H groups in total. The van der Waals surface area contributed by atoms with E-state index in [1.807, 2.05) is 35.2 Å². The molecular weight excluding hydrogens is 402 g/mol. The number of carbonyl (C=O) groups is 2. The Morgan fingerprint density at radius 2 is 1.66 bits per heavy atom. The number of hydrogen-bond acceptors (Lipinski definition) is 5. The summed E-state index contributed by atoms with van der Waals surface area (Å²) >= 11 is 0. The number of allylic oxidation sites excluding steroid dienone is 5. The van der Waals surface area contributed by atoms with Crippen LogP contribution in [0.25, 0.3) is 0 Å². The van der Waals surface area contributed by atoms with Crippen LogP contribution in [-0.2, 0) is 22.4 Å². The predicted molar refractivity (Wildman–Crippen MR) is 122 cm³/mol. The first kappa shape index (κ1) is 20.2. The molecule has 32 heavy (non-hydrogen) atoms. The second-order valence-electron chi connectivity index (χ2n) is 8.20. The van der Waals surface area contributed by atoms with E-state index in [0.717, 1.165) is 28.1 Å². The summed E-state index contributed by atoms with van der Waals surface area (Å²) in [6.07, 6.45) is 7.47. The molecule has 2 heterocycles. The maximum Gasteiger partial charge on any atom is 0.242 e. The van der Waals surface area contributed by atoms with Gasteiger partial charge in [-0.15, -0.1) is 0 Å². The molecule has 1 saturated heterocycles. The molecule has 0 aromatic heterocycles. The SMILES string of the molecule is O=C1C=CC(=C2CN3C(=O)C(Cc4ccc(O)cc4)NC3C(Cc3ccccc3)=N2)C=C1. The molecule has 1 amide bonds. The van der Waals surface area contributed by atoms with E-state index in [1.54, 1.807) is 24.3 Å². The van der Waals surface area contributed by atoms with Gasteiger partial charge in [-0.3, -0.25) is 19.9 Å². The molecule has 1 fully saturated rings. The minimum absolute atomic E-state index is 0.0291. The van der Waals surface area contributed by atoms with Crippen molar-refractivity contribution in [2.45, 2.75) is 25.0 Å². The van der Waals surface area contributed by atoms with Crippen LogP contribution in [0.1, 0.15) is 11.1 Å². The lowest BCUT2D eigenvalue weighted by molar-refractivity contribution is -0.129. The average molecular weight is 425 g/mol. The Morgan fingerprint density at radius 1 is 0.938 bits per heavy atom. The van der Waals surface area contributed by atoms with Crippen LogP contribution in [0.3, 0.4) is 0 Å². The van der Waals surface area contributed by atoms with Crippen molar-refractivity contribution < 1.29 is 14.7 Å². The highest BCUT2D eigenvalue weighted by molar-refractivity contribution is 6.02. The lowest BCUT2D eigenvalue weighted by Crippen LogP contribution is -2.48. The number of aliphatic imine (C=N–C) groups is 1. The van der Waals surface area contributed by atoms with Gasteiger partial charge < -0.3 is 10.0 Å². The van der Waals surface area contributed by atoms with Gasteiger partial charge in [-0.1, -0.05) is 42.5 Å². The van der Waals surface area contributed by atoms with Gasteiger partial charge in [0.25, 0.3) is 0 Å². The predicted octanol–water partition coefficient (Wildman–Crippen LogP) is 2.71. The number of aromatic hydroxyl groups is 1. The zero-order chi connectivity index (χ0) is 22.1. The number of carbonyl (C=O) groups excluding carboxylic acids is 2. The molecule has 0 saturated carbocycles. The second kappa shape index (κ2) is 8.40. The monoisotopic (exact) mass is 425 g/mol. The number of fused-ring (bicyclic) bond motifs is 1. The van der Waals surface area contributed by atoms with E-state index >= 15 is 0 Å². The highest BCUT2D eigenvalue weighted by Crippen LogP contribution is 2.27. The molecule has 5 rings (SSSR count). The fourth-order valence-corrected chi connectivity index (χ4v) is 4.31. The summed E-state index contributed by atoms with van der Waals surface area (Å²) in [6, 6.07) is 16.6. The van der Waals surface area contributed by atoms with E-state index in [0.29, 0.717) is 19.4 Å². The molecule has 1 aliphatic carbocycles.